The van der Waals surface area contributed by atoms with E-state index in [1.165, 1.54) is 0 Å². The second-order valence-electron chi connectivity index (χ2n) is 6.94. The first-order valence-corrected chi connectivity index (χ1v) is 10.6. The Hall–Kier alpha value is -2.75. The van der Waals surface area contributed by atoms with Crippen LogP contribution in [-0.2, 0) is 9.84 Å². The summed E-state index contributed by atoms with van der Waals surface area (Å²) in [6.45, 7) is 4.19. The Labute approximate surface area is 157 Å². The van der Waals surface area contributed by atoms with Crippen molar-refractivity contribution >= 4 is 38.5 Å². The molecule has 2 N–H and O–H groups in total. The van der Waals surface area contributed by atoms with Crippen molar-refractivity contribution in [2.75, 3.05) is 22.1 Å². The van der Waals surface area contributed by atoms with Gasteiger partial charge in [-0.3, -0.25) is 0 Å². The van der Waals surface area contributed by atoms with Gasteiger partial charge in [0.05, 0.1) is 29.5 Å². The lowest BCUT2D eigenvalue weighted by molar-refractivity contribution is 0.602. The predicted molar refractivity (Wildman–Crippen MR) is 104 cm³/mol. The van der Waals surface area contributed by atoms with Gasteiger partial charge in [-0.25, -0.2) is 23.4 Å². The topological polar surface area (TPSA) is 115 Å². The Morgan fingerprint density at radius 2 is 2.07 bits per heavy atom. The number of imidazole rings is 1. The molecule has 4 rings (SSSR count). The first-order chi connectivity index (χ1) is 12.9. The summed E-state index contributed by atoms with van der Waals surface area (Å²) in [4.78, 5) is 17.3. The highest BCUT2D eigenvalue weighted by molar-refractivity contribution is 7.91. The smallest absolute Gasteiger partial charge is 0.224 e. The average molecular weight is 387 g/mol. The van der Waals surface area contributed by atoms with Crippen molar-refractivity contribution in [2.24, 2.45) is 0 Å². The van der Waals surface area contributed by atoms with Crippen molar-refractivity contribution in [3.05, 3.63) is 30.9 Å². The van der Waals surface area contributed by atoms with Crippen LogP contribution in [0.5, 0.6) is 0 Å². The fourth-order valence-corrected chi connectivity index (χ4v) is 4.80. The van der Waals surface area contributed by atoms with E-state index < -0.39 is 9.84 Å². The van der Waals surface area contributed by atoms with Gasteiger partial charge in [-0.05, 0) is 26.3 Å². The van der Waals surface area contributed by atoms with Gasteiger partial charge in [0.15, 0.2) is 9.84 Å². The van der Waals surface area contributed by atoms with Crippen LogP contribution in [0.25, 0.3) is 11.0 Å². The second-order valence-corrected chi connectivity index (χ2v) is 9.17. The maximum absolute atomic E-state index is 11.6. The monoisotopic (exact) mass is 387 g/mol. The van der Waals surface area contributed by atoms with Crippen LogP contribution < -0.4 is 10.6 Å². The van der Waals surface area contributed by atoms with Gasteiger partial charge in [0.2, 0.25) is 5.95 Å². The lowest BCUT2D eigenvalue weighted by atomic mass is 10.3. The van der Waals surface area contributed by atoms with Crippen LogP contribution in [0.3, 0.4) is 0 Å². The Morgan fingerprint density at radius 3 is 2.81 bits per heavy atom. The fourth-order valence-electron chi connectivity index (χ4n) is 3.13. The van der Waals surface area contributed by atoms with Gasteiger partial charge in [-0.2, -0.15) is 4.98 Å². The number of anilines is 3. The number of rotatable bonds is 5. The molecule has 0 bridgehead atoms. The SMILES string of the molecule is CC(C)n1cnc2cnc(Nc3ccnc(NC4CCS(=O)(=O)C4)n3)cc21. The van der Waals surface area contributed by atoms with E-state index in [4.69, 9.17) is 0 Å². The molecule has 0 spiro atoms. The highest BCUT2D eigenvalue weighted by atomic mass is 32.2. The Balaban J connectivity index is 1.53. The highest BCUT2D eigenvalue weighted by Gasteiger charge is 2.28. The maximum atomic E-state index is 11.6. The van der Waals surface area contributed by atoms with Gasteiger partial charge in [0.25, 0.3) is 0 Å². The molecule has 10 heteroatoms. The number of aromatic nitrogens is 5. The molecular weight excluding hydrogens is 366 g/mol. The average Bonchev–Trinajstić information content (AvgIpc) is 3.18. The molecule has 0 aromatic carbocycles. The summed E-state index contributed by atoms with van der Waals surface area (Å²) in [5, 5.41) is 6.27. The van der Waals surface area contributed by atoms with Crippen LogP contribution in [0, 0.1) is 0 Å². The van der Waals surface area contributed by atoms with E-state index >= 15 is 0 Å². The van der Waals surface area contributed by atoms with Gasteiger partial charge >= 0.3 is 0 Å². The molecular formula is C17H21N7O2S. The summed E-state index contributed by atoms with van der Waals surface area (Å²) in [5.41, 5.74) is 1.83. The number of nitrogens with one attached hydrogen (secondary N) is 2. The van der Waals surface area contributed by atoms with Crippen LogP contribution in [-0.4, -0.2) is 50.5 Å². The zero-order valence-corrected chi connectivity index (χ0v) is 15.9. The van der Waals surface area contributed by atoms with Crippen molar-refractivity contribution in [3.8, 4) is 0 Å². The Morgan fingerprint density at radius 1 is 1.22 bits per heavy atom. The number of hydrogen-bond donors (Lipinski definition) is 2. The molecule has 0 aliphatic carbocycles. The first-order valence-electron chi connectivity index (χ1n) is 8.79. The molecule has 3 aromatic heterocycles. The second kappa shape index (κ2) is 6.76. The largest absolute Gasteiger partial charge is 0.350 e. The first kappa shape index (κ1) is 17.7. The van der Waals surface area contributed by atoms with E-state index in [1.54, 1.807) is 18.5 Å². The molecule has 1 aliphatic rings. The van der Waals surface area contributed by atoms with Crippen LogP contribution >= 0.6 is 0 Å². The highest BCUT2D eigenvalue weighted by Crippen LogP contribution is 2.22. The van der Waals surface area contributed by atoms with E-state index in [2.05, 4.69) is 49.0 Å². The van der Waals surface area contributed by atoms with Crippen molar-refractivity contribution in [1.82, 2.24) is 24.5 Å². The van der Waals surface area contributed by atoms with Crippen molar-refractivity contribution in [1.29, 1.82) is 0 Å². The third-order valence-electron chi connectivity index (χ3n) is 4.49. The van der Waals surface area contributed by atoms with Gasteiger partial charge < -0.3 is 15.2 Å². The zero-order chi connectivity index (χ0) is 19.0. The van der Waals surface area contributed by atoms with Gasteiger partial charge in [0.1, 0.15) is 17.2 Å². The maximum Gasteiger partial charge on any atom is 0.224 e. The molecule has 9 nitrogen and oxygen atoms in total. The summed E-state index contributed by atoms with van der Waals surface area (Å²) >= 11 is 0. The quantitative estimate of drug-likeness (QED) is 0.684. The van der Waals surface area contributed by atoms with Crippen LogP contribution in [0.1, 0.15) is 26.3 Å². The fraction of sp³-hybridized carbons (Fsp3) is 0.412. The standard InChI is InChI=1S/C17H21N7O2S/c1-11(2)24-10-20-13-8-19-16(7-14(13)24)22-15-3-5-18-17(23-15)21-12-4-6-27(25,26)9-12/h3,5,7-8,10-12H,4,6,9H2,1-2H3,(H2,18,19,21,22,23). The molecule has 1 fully saturated rings. The molecule has 27 heavy (non-hydrogen) atoms. The Kier molecular flexibility index (Phi) is 4.42. The van der Waals surface area contributed by atoms with Crippen molar-refractivity contribution < 1.29 is 8.42 Å². The van der Waals surface area contributed by atoms with Gasteiger partial charge in [-0.15, -0.1) is 0 Å². The third-order valence-corrected chi connectivity index (χ3v) is 6.26. The molecule has 142 valence electrons. The number of fused-ring (bicyclic) bond motifs is 1. The molecule has 4 heterocycles. The minimum atomic E-state index is -2.95. The van der Waals surface area contributed by atoms with Crippen LogP contribution in [0.4, 0.5) is 17.6 Å². The van der Waals surface area contributed by atoms with Crippen molar-refractivity contribution in [2.45, 2.75) is 32.4 Å². The van der Waals surface area contributed by atoms with E-state index in [0.29, 0.717) is 30.0 Å². The molecule has 0 amide bonds. The van der Waals surface area contributed by atoms with Crippen LogP contribution in [0.15, 0.2) is 30.9 Å². The van der Waals surface area contributed by atoms with Crippen molar-refractivity contribution in [3.63, 3.8) is 0 Å². The lowest BCUT2D eigenvalue weighted by Gasteiger charge is -2.12. The third kappa shape index (κ3) is 3.85. The zero-order valence-electron chi connectivity index (χ0n) is 15.1. The van der Waals surface area contributed by atoms with E-state index in [9.17, 15) is 8.42 Å². The van der Waals surface area contributed by atoms with Gasteiger partial charge in [-0.1, -0.05) is 0 Å². The summed E-state index contributed by atoms with van der Waals surface area (Å²) in [6.07, 6.45) is 5.72. The number of nitrogens with zero attached hydrogens (tertiary/aromatic N) is 5. The molecule has 0 saturated carbocycles. The summed E-state index contributed by atoms with van der Waals surface area (Å²) in [7, 11) is -2.95. The predicted octanol–water partition coefficient (Wildman–Crippen LogP) is 2.14. The summed E-state index contributed by atoms with van der Waals surface area (Å²) in [5.74, 6) is 1.95. The van der Waals surface area contributed by atoms with E-state index in [-0.39, 0.29) is 17.5 Å². The number of sulfone groups is 1. The summed E-state index contributed by atoms with van der Waals surface area (Å²) in [6, 6.07) is 3.81. The molecule has 0 radical (unpaired) electrons. The van der Waals surface area contributed by atoms with E-state index in [0.717, 1.165) is 11.0 Å². The number of hydrogen-bond acceptors (Lipinski definition) is 8. The Bertz CT molecular complexity index is 1080. The summed E-state index contributed by atoms with van der Waals surface area (Å²) < 4.78 is 25.3. The molecule has 1 aliphatic heterocycles. The van der Waals surface area contributed by atoms with Gasteiger partial charge in [0, 0.05) is 24.3 Å². The normalized spacial score (nSPS) is 18.9. The lowest BCUT2D eigenvalue weighted by Crippen LogP contribution is -2.22. The minimum Gasteiger partial charge on any atom is -0.350 e. The van der Waals surface area contributed by atoms with E-state index in [1.807, 2.05) is 12.4 Å². The molecule has 3 aromatic rings. The van der Waals surface area contributed by atoms with Crippen LogP contribution in [0.2, 0.25) is 0 Å². The molecule has 1 unspecified atom stereocenters. The molecule has 1 atom stereocenters. The molecule has 1 saturated heterocycles. The minimum absolute atomic E-state index is 0.116. The number of pyridine rings is 1.